The van der Waals surface area contributed by atoms with Gasteiger partial charge in [-0.05, 0) is 37.6 Å². The molecule has 0 saturated heterocycles. The fraction of sp³-hybridized carbons (Fsp3) is 0.417. The molecule has 18 heavy (non-hydrogen) atoms. The molecule has 1 aromatic rings. The Bertz CT molecular complexity index is 430. The van der Waals surface area contributed by atoms with E-state index in [-0.39, 0.29) is 23.6 Å². The minimum absolute atomic E-state index is 0.0195. The molecule has 0 heterocycles. The normalized spacial score (nSPS) is 11.4. The number of amides is 1. The number of nitrogens with two attached hydrogens (primary N) is 1. The summed E-state index contributed by atoms with van der Waals surface area (Å²) in [4.78, 5) is 11.4. The van der Waals surface area contributed by atoms with Gasteiger partial charge in [-0.25, -0.2) is 0 Å². The van der Waals surface area contributed by atoms with E-state index < -0.39 is 11.7 Å². The Balaban J connectivity index is 2.88. The highest BCUT2D eigenvalue weighted by Crippen LogP contribution is 2.34. The van der Waals surface area contributed by atoms with Crippen molar-refractivity contribution in [2.45, 2.75) is 25.9 Å². The van der Waals surface area contributed by atoms with E-state index in [0.717, 1.165) is 6.07 Å². The van der Waals surface area contributed by atoms with Crippen molar-refractivity contribution in [3.05, 3.63) is 29.3 Å². The molecule has 0 spiro atoms. The number of hydrogen-bond acceptors (Lipinski definition) is 2. The van der Waals surface area contributed by atoms with Gasteiger partial charge in [-0.15, -0.1) is 0 Å². The molecule has 0 atom stereocenters. The maximum atomic E-state index is 12.6. The number of anilines is 1. The lowest BCUT2D eigenvalue weighted by Gasteiger charge is -2.14. The summed E-state index contributed by atoms with van der Waals surface area (Å²) < 4.78 is 37.9. The molecule has 0 aromatic heterocycles. The molecule has 0 unspecified atom stereocenters. The van der Waals surface area contributed by atoms with Crippen molar-refractivity contribution in [1.82, 2.24) is 0 Å². The van der Waals surface area contributed by atoms with Gasteiger partial charge in [0.2, 0.25) is 5.91 Å². The van der Waals surface area contributed by atoms with Crippen molar-refractivity contribution in [1.29, 1.82) is 0 Å². The van der Waals surface area contributed by atoms with Crippen LogP contribution in [0.1, 0.15) is 24.0 Å². The zero-order valence-electron chi connectivity index (χ0n) is 9.97. The molecule has 0 bridgehead atoms. The molecule has 1 amide bonds. The zero-order chi connectivity index (χ0) is 13.8. The van der Waals surface area contributed by atoms with Crippen molar-refractivity contribution in [2.24, 2.45) is 5.73 Å². The van der Waals surface area contributed by atoms with Crippen molar-refractivity contribution >= 4 is 11.6 Å². The third-order valence-corrected chi connectivity index (χ3v) is 2.52. The van der Waals surface area contributed by atoms with Crippen LogP contribution in [-0.2, 0) is 11.0 Å². The second kappa shape index (κ2) is 5.86. The summed E-state index contributed by atoms with van der Waals surface area (Å²) in [7, 11) is 0. The molecule has 100 valence electrons. The second-order valence-electron chi connectivity index (χ2n) is 3.92. The van der Waals surface area contributed by atoms with Gasteiger partial charge in [0.25, 0.3) is 0 Å². The highest BCUT2D eigenvalue weighted by atomic mass is 19.4. The van der Waals surface area contributed by atoms with Gasteiger partial charge in [0.15, 0.2) is 0 Å². The minimum Gasteiger partial charge on any atom is -0.330 e. The molecular weight excluding hydrogens is 245 g/mol. The van der Waals surface area contributed by atoms with Crippen LogP contribution in [0, 0.1) is 6.92 Å². The van der Waals surface area contributed by atoms with Crippen LogP contribution in [0.3, 0.4) is 0 Å². The van der Waals surface area contributed by atoms with E-state index in [1.54, 1.807) is 0 Å². The van der Waals surface area contributed by atoms with E-state index in [1.807, 2.05) is 0 Å². The first-order valence-electron chi connectivity index (χ1n) is 5.53. The number of nitrogens with one attached hydrogen (secondary N) is 1. The van der Waals surface area contributed by atoms with E-state index in [4.69, 9.17) is 5.73 Å². The van der Waals surface area contributed by atoms with Crippen molar-refractivity contribution < 1.29 is 18.0 Å². The van der Waals surface area contributed by atoms with Crippen molar-refractivity contribution in [3.8, 4) is 0 Å². The average molecular weight is 260 g/mol. The third kappa shape index (κ3) is 3.73. The van der Waals surface area contributed by atoms with Crippen LogP contribution in [0.15, 0.2) is 18.2 Å². The largest absolute Gasteiger partial charge is 0.416 e. The number of rotatable bonds is 4. The first-order valence-corrected chi connectivity index (χ1v) is 5.53. The van der Waals surface area contributed by atoms with Crippen LogP contribution >= 0.6 is 0 Å². The lowest BCUT2D eigenvalue weighted by molar-refractivity contribution is -0.138. The Labute approximate surface area is 103 Å². The smallest absolute Gasteiger partial charge is 0.330 e. The molecular formula is C12H15F3N2O. The molecule has 0 aliphatic heterocycles. The Hall–Kier alpha value is -1.56. The second-order valence-corrected chi connectivity index (χ2v) is 3.92. The Morgan fingerprint density at radius 1 is 1.39 bits per heavy atom. The van der Waals surface area contributed by atoms with Gasteiger partial charge in [-0.1, -0.05) is 6.07 Å². The minimum atomic E-state index is -4.41. The summed E-state index contributed by atoms with van der Waals surface area (Å²) in [5.74, 6) is -0.331. The molecule has 3 N–H and O–H groups in total. The quantitative estimate of drug-likeness (QED) is 0.874. The maximum absolute atomic E-state index is 12.6. The molecule has 1 rings (SSSR count). The summed E-state index contributed by atoms with van der Waals surface area (Å²) in [5.41, 5.74) is 4.72. The fourth-order valence-corrected chi connectivity index (χ4v) is 1.55. The van der Waals surface area contributed by atoms with Crippen LogP contribution in [0.4, 0.5) is 18.9 Å². The van der Waals surface area contributed by atoms with Gasteiger partial charge in [0.1, 0.15) is 0 Å². The van der Waals surface area contributed by atoms with Gasteiger partial charge in [-0.3, -0.25) is 4.79 Å². The van der Waals surface area contributed by atoms with Crippen LogP contribution in [-0.4, -0.2) is 12.5 Å². The first-order chi connectivity index (χ1) is 8.36. The molecule has 0 radical (unpaired) electrons. The molecule has 0 aliphatic carbocycles. The standard InChI is InChI=1S/C12H15F3N2O/c1-8-9(12(13,14)15)4-2-5-10(8)17-11(18)6-3-7-16/h2,4-5H,3,6-7,16H2,1H3,(H,17,18). The number of carbonyl (C=O) groups excluding carboxylic acids is 1. The third-order valence-electron chi connectivity index (χ3n) is 2.52. The van der Waals surface area contributed by atoms with Crippen LogP contribution in [0.5, 0.6) is 0 Å². The lowest BCUT2D eigenvalue weighted by Crippen LogP contribution is -2.16. The summed E-state index contributed by atoms with van der Waals surface area (Å²) in [6.45, 7) is 1.70. The van der Waals surface area contributed by atoms with Crippen LogP contribution in [0.25, 0.3) is 0 Å². The Morgan fingerprint density at radius 2 is 2.06 bits per heavy atom. The average Bonchev–Trinajstić information content (AvgIpc) is 2.27. The molecule has 1 aromatic carbocycles. The van der Waals surface area contributed by atoms with Gasteiger partial charge in [0.05, 0.1) is 5.56 Å². The van der Waals surface area contributed by atoms with Gasteiger partial charge < -0.3 is 11.1 Å². The van der Waals surface area contributed by atoms with E-state index in [9.17, 15) is 18.0 Å². The monoisotopic (exact) mass is 260 g/mol. The fourth-order valence-electron chi connectivity index (χ4n) is 1.55. The first kappa shape index (κ1) is 14.5. The number of alkyl halides is 3. The zero-order valence-corrected chi connectivity index (χ0v) is 9.97. The van der Waals surface area contributed by atoms with Gasteiger partial charge in [-0.2, -0.15) is 13.2 Å². The number of hydrogen-bond donors (Lipinski definition) is 2. The highest BCUT2D eigenvalue weighted by molar-refractivity contribution is 5.91. The summed E-state index contributed by atoms with van der Waals surface area (Å²) in [6, 6.07) is 3.71. The molecule has 0 aliphatic rings. The van der Waals surface area contributed by atoms with Gasteiger partial charge in [0, 0.05) is 12.1 Å². The van der Waals surface area contributed by atoms with E-state index in [0.29, 0.717) is 13.0 Å². The number of benzene rings is 1. The summed E-state index contributed by atoms with van der Waals surface area (Å²) in [6.07, 6.45) is -3.71. The molecule has 3 nitrogen and oxygen atoms in total. The predicted molar refractivity (Wildman–Crippen MR) is 63.1 cm³/mol. The summed E-state index contributed by atoms with van der Waals surface area (Å²) in [5, 5.41) is 2.46. The maximum Gasteiger partial charge on any atom is 0.416 e. The number of carbonyl (C=O) groups is 1. The Morgan fingerprint density at radius 3 is 2.61 bits per heavy atom. The van der Waals surface area contributed by atoms with E-state index in [2.05, 4.69) is 5.32 Å². The van der Waals surface area contributed by atoms with Crippen molar-refractivity contribution in [3.63, 3.8) is 0 Å². The van der Waals surface area contributed by atoms with Crippen LogP contribution in [0.2, 0.25) is 0 Å². The highest BCUT2D eigenvalue weighted by Gasteiger charge is 2.32. The molecule has 6 heteroatoms. The lowest BCUT2D eigenvalue weighted by atomic mass is 10.1. The number of halogens is 3. The van der Waals surface area contributed by atoms with E-state index in [1.165, 1.54) is 19.1 Å². The Kier molecular flexibility index (Phi) is 4.72. The van der Waals surface area contributed by atoms with E-state index >= 15 is 0 Å². The van der Waals surface area contributed by atoms with Gasteiger partial charge >= 0.3 is 6.18 Å². The molecule has 0 saturated carbocycles. The molecule has 0 fully saturated rings. The SMILES string of the molecule is Cc1c(NC(=O)CCCN)cccc1C(F)(F)F. The summed E-state index contributed by atoms with van der Waals surface area (Å²) >= 11 is 0. The van der Waals surface area contributed by atoms with Crippen LogP contribution < -0.4 is 11.1 Å². The predicted octanol–water partition coefficient (Wildman–Crippen LogP) is 2.69. The topological polar surface area (TPSA) is 55.1 Å². The van der Waals surface area contributed by atoms with Crippen molar-refractivity contribution in [2.75, 3.05) is 11.9 Å².